The lowest BCUT2D eigenvalue weighted by atomic mass is 10.1. The van der Waals surface area contributed by atoms with Gasteiger partial charge in [0.05, 0.1) is 28.9 Å². The van der Waals surface area contributed by atoms with E-state index in [9.17, 15) is 9.59 Å². The van der Waals surface area contributed by atoms with E-state index in [0.717, 1.165) is 27.5 Å². The van der Waals surface area contributed by atoms with Gasteiger partial charge >= 0.3 is 11.9 Å². The van der Waals surface area contributed by atoms with Crippen LogP contribution in [0.3, 0.4) is 0 Å². The molecule has 0 atom stereocenters. The fourth-order valence-electron chi connectivity index (χ4n) is 3.39. The van der Waals surface area contributed by atoms with Gasteiger partial charge in [0.25, 0.3) is 5.89 Å². The van der Waals surface area contributed by atoms with E-state index in [2.05, 4.69) is 15.2 Å². The van der Waals surface area contributed by atoms with E-state index in [1.165, 1.54) is 18.4 Å². The Morgan fingerprint density at radius 2 is 1.94 bits per heavy atom. The number of nitrogens with zero attached hydrogens (tertiary/aromatic N) is 4. The monoisotopic (exact) mass is 466 g/mol. The molecule has 0 aliphatic heterocycles. The molecule has 3 heterocycles. The predicted molar refractivity (Wildman–Crippen MR) is 120 cm³/mol. The lowest BCUT2D eigenvalue weighted by Crippen LogP contribution is -2.06. The highest BCUT2D eigenvalue weighted by Gasteiger charge is 2.16. The minimum atomic E-state index is -0.496. The van der Waals surface area contributed by atoms with E-state index in [0.29, 0.717) is 24.2 Å². The van der Waals surface area contributed by atoms with Crippen LogP contribution in [0.25, 0.3) is 16.4 Å². The second kappa shape index (κ2) is 9.78. The number of carbonyl (C=O) groups excluding carboxylic acids is 2. The van der Waals surface area contributed by atoms with E-state index in [1.54, 1.807) is 28.9 Å². The van der Waals surface area contributed by atoms with Gasteiger partial charge in [0.2, 0.25) is 5.82 Å². The summed E-state index contributed by atoms with van der Waals surface area (Å²) in [7, 11) is 1.38. The Hall–Kier alpha value is -3.79. The second-order valence-electron chi connectivity index (χ2n) is 7.25. The summed E-state index contributed by atoms with van der Waals surface area (Å²) in [4.78, 5) is 29.0. The van der Waals surface area contributed by atoms with Gasteiger partial charge in [-0.15, -0.1) is 11.3 Å². The number of benzene rings is 1. The molecule has 0 unspecified atom stereocenters. The van der Waals surface area contributed by atoms with Crippen molar-refractivity contribution in [1.82, 2.24) is 19.9 Å². The van der Waals surface area contributed by atoms with Crippen LogP contribution < -0.4 is 0 Å². The molecule has 0 aliphatic rings. The standard InChI is InChI=1S/C23H22N4O5S/c1-14-18(10-11-21(28)30-3)15(2)27(25-14)17-8-6-16(7-9-17)23(29)31-13-20-24-22(26-32-20)19-5-4-12-33-19/h4-9,12H,10-11,13H2,1-3H3. The number of methoxy groups -OCH3 is 1. The molecule has 0 aliphatic carbocycles. The number of hydrogen-bond donors (Lipinski definition) is 0. The first-order valence-corrected chi connectivity index (χ1v) is 11.1. The van der Waals surface area contributed by atoms with Crippen LogP contribution in [0.4, 0.5) is 0 Å². The fraction of sp³-hybridized carbons (Fsp3) is 0.261. The summed E-state index contributed by atoms with van der Waals surface area (Å²) in [5.74, 6) is -0.0565. The molecule has 0 fully saturated rings. The summed E-state index contributed by atoms with van der Waals surface area (Å²) in [6.07, 6.45) is 0.849. The van der Waals surface area contributed by atoms with Gasteiger partial charge in [-0.2, -0.15) is 10.1 Å². The first-order valence-electron chi connectivity index (χ1n) is 10.2. The summed E-state index contributed by atoms with van der Waals surface area (Å²) in [6.45, 7) is 3.74. The molecule has 0 N–H and O–H groups in total. The summed E-state index contributed by atoms with van der Waals surface area (Å²) >= 11 is 1.50. The maximum absolute atomic E-state index is 12.4. The average molecular weight is 467 g/mol. The highest BCUT2D eigenvalue weighted by atomic mass is 32.1. The predicted octanol–water partition coefficient (Wildman–Crippen LogP) is 4.06. The van der Waals surface area contributed by atoms with Crippen LogP contribution in [0.2, 0.25) is 0 Å². The van der Waals surface area contributed by atoms with Crippen molar-refractivity contribution in [2.75, 3.05) is 7.11 Å². The molecule has 0 radical (unpaired) electrons. The number of aromatic nitrogens is 4. The number of aryl methyl sites for hydroxylation is 1. The summed E-state index contributed by atoms with van der Waals surface area (Å²) in [5.41, 5.74) is 3.98. The van der Waals surface area contributed by atoms with Crippen LogP contribution in [-0.4, -0.2) is 39.0 Å². The molecule has 170 valence electrons. The van der Waals surface area contributed by atoms with Crippen molar-refractivity contribution in [2.24, 2.45) is 0 Å². The maximum atomic E-state index is 12.4. The average Bonchev–Trinajstić information content (AvgIpc) is 3.57. The van der Waals surface area contributed by atoms with Crippen molar-refractivity contribution in [1.29, 1.82) is 0 Å². The van der Waals surface area contributed by atoms with Gasteiger partial charge in [-0.3, -0.25) is 4.79 Å². The first-order chi connectivity index (χ1) is 16.0. The number of carbonyl (C=O) groups is 2. The summed E-state index contributed by atoms with van der Waals surface area (Å²) in [6, 6.07) is 10.7. The number of rotatable bonds is 8. The molecule has 0 amide bonds. The van der Waals surface area contributed by atoms with Crippen molar-refractivity contribution in [2.45, 2.75) is 33.3 Å². The molecular formula is C23H22N4O5S. The molecule has 4 aromatic rings. The van der Waals surface area contributed by atoms with Crippen molar-refractivity contribution < 1.29 is 23.6 Å². The number of esters is 2. The van der Waals surface area contributed by atoms with Crippen LogP contribution in [0.5, 0.6) is 0 Å². The Morgan fingerprint density at radius 1 is 1.15 bits per heavy atom. The molecule has 0 bridgehead atoms. The van der Waals surface area contributed by atoms with Crippen LogP contribution in [0.15, 0.2) is 46.3 Å². The van der Waals surface area contributed by atoms with Crippen LogP contribution in [0.1, 0.15) is 39.6 Å². The molecule has 0 saturated carbocycles. The van der Waals surface area contributed by atoms with E-state index < -0.39 is 5.97 Å². The molecule has 3 aromatic heterocycles. The topological polar surface area (TPSA) is 109 Å². The minimum absolute atomic E-state index is 0.111. The van der Waals surface area contributed by atoms with Crippen molar-refractivity contribution >= 4 is 23.3 Å². The molecule has 0 spiro atoms. The quantitative estimate of drug-likeness (QED) is 0.358. The third-order valence-corrected chi connectivity index (χ3v) is 6.00. The Balaban J connectivity index is 1.40. The highest BCUT2D eigenvalue weighted by Crippen LogP contribution is 2.22. The van der Waals surface area contributed by atoms with Crippen molar-refractivity contribution in [3.05, 3.63) is 70.2 Å². The van der Waals surface area contributed by atoms with Gasteiger partial charge < -0.3 is 14.0 Å². The maximum Gasteiger partial charge on any atom is 0.338 e. The fourth-order valence-corrected chi connectivity index (χ4v) is 4.04. The summed E-state index contributed by atoms with van der Waals surface area (Å²) < 4.78 is 17.0. The summed E-state index contributed by atoms with van der Waals surface area (Å²) in [5, 5.41) is 10.4. The van der Waals surface area contributed by atoms with Gasteiger partial charge in [0.1, 0.15) is 0 Å². The van der Waals surface area contributed by atoms with Crippen molar-refractivity contribution in [3.8, 4) is 16.4 Å². The van der Waals surface area contributed by atoms with Gasteiger partial charge in [0.15, 0.2) is 6.61 Å². The second-order valence-corrected chi connectivity index (χ2v) is 8.20. The SMILES string of the molecule is COC(=O)CCc1c(C)nn(-c2ccc(C(=O)OCc3nc(-c4cccs4)no3)cc2)c1C. The van der Waals surface area contributed by atoms with Crippen LogP contribution in [-0.2, 0) is 27.3 Å². The van der Waals surface area contributed by atoms with Crippen molar-refractivity contribution in [3.63, 3.8) is 0 Å². The molecular weight excluding hydrogens is 444 g/mol. The lowest BCUT2D eigenvalue weighted by Gasteiger charge is -2.07. The molecule has 33 heavy (non-hydrogen) atoms. The Kier molecular flexibility index (Phi) is 6.64. The van der Waals surface area contributed by atoms with E-state index in [4.69, 9.17) is 14.0 Å². The largest absolute Gasteiger partial charge is 0.469 e. The molecule has 0 saturated heterocycles. The lowest BCUT2D eigenvalue weighted by molar-refractivity contribution is -0.140. The zero-order chi connectivity index (χ0) is 23.4. The molecule has 4 rings (SSSR count). The third kappa shape index (κ3) is 5.01. The van der Waals surface area contributed by atoms with E-state index >= 15 is 0 Å². The molecule has 1 aromatic carbocycles. The third-order valence-electron chi connectivity index (χ3n) is 5.13. The number of hydrogen-bond acceptors (Lipinski definition) is 9. The Morgan fingerprint density at radius 3 is 2.64 bits per heavy atom. The van der Waals surface area contributed by atoms with Crippen LogP contribution >= 0.6 is 11.3 Å². The van der Waals surface area contributed by atoms with Gasteiger partial charge in [-0.25, -0.2) is 9.48 Å². The van der Waals surface area contributed by atoms with E-state index in [1.807, 2.05) is 31.4 Å². The molecule has 9 nitrogen and oxygen atoms in total. The Labute approximate surface area is 194 Å². The van der Waals surface area contributed by atoms with Gasteiger partial charge in [0, 0.05) is 12.1 Å². The smallest absolute Gasteiger partial charge is 0.338 e. The Bertz CT molecular complexity index is 1260. The van der Waals surface area contributed by atoms with E-state index in [-0.39, 0.29) is 18.5 Å². The van der Waals surface area contributed by atoms with Crippen LogP contribution in [0, 0.1) is 13.8 Å². The zero-order valence-electron chi connectivity index (χ0n) is 18.4. The zero-order valence-corrected chi connectivity index (χ0v) is 19.2. The van der Waals surface area contributed by atoms with Gasteiger partial charge in [-0.1, -0.05) is 11.2 Å². The van der Waals surface area contributed by atoms with Gasteiger partial charge in [-0.05, 0) is 61.5 Å². The minimum Gasteiger partial charge on any atom is -0.469 e. The normalized spacial score (nSPS) is 10.9. The molecule has 10 heteroatoms. The highest BCUT2D eigenvalue weighted by molar-refractivity contribution is 7.13. The number of thiophene rings is 1. The first kappa shape index (κ1) is 22.4. The number of ether oxygens (including phenoxy) is 2.